The van der Waals surface area contributed by atoms with Crippen molar-refractivity contribution in [2.75, 3.05) is 0 Å². The molecule has 2 aromatic rings. The molecule has 5 nitrogen and oxygen atoms in total. The number of hydrogen-bond donors (Lipinski definition) is 1. The summed E-state index contributed by atoms with van der Waals surface area (Å²) in [6, 6.07) is 5.42. The lowest BCUT2D eigenvalue weighted by Gasteiger charge is -2.23. The smallest absolute Gasteiger partial charge is 0.311 e. The number of rotatable bonds is 6. The standard InChI is InChI=1S/C18H17Cl2NO4/c1-10-9-25-15(7-16(22)23)17(10)18(24)21(12-3-4-12)8-11-2-5-13(19)14(20)6-11/h2,5-6,9,12H,3-4,7-8H2,1H3,(H,22,23). The third-order valence-electron chi connectivity index (χ3n) is 4.16. The molecule has 3 rings (SSSR count). The second-order valence-electron chi connectivity index (χ2n) is 6.20. The van der Waals surface area contributed by atoms with Crippen LogP contribution in [0.4, 0.5) is 0 Å². The molecule has 0 bridgehead atoms. The van der Waals surface area contributed by atoms with E-state index < -0.39 is 5.97 Å². The van der Waals surface area contributed by atoms with Gasteiger partial charge in [-0.3, -0.25) is 9.59 Å². The zero-order valence-corrected chi connectivity index (χ0v) is 15.1. The molecule has 132 valence electrons. The molecule has 25 heavy (non-hydrogen) atoms. The van der Waals surface area contributed by atoms with Crippen LogP contribution in [-0.4, -0.2) is 27.9 Å². The van der Waals surface area contributed by atoms with Gasteiger partial charge in [-0.05, 0) is 37.5 Å². The average molecular weight is 382 g/mol. The Morgan fingerprint density at radius 1 is 1.28 bits per heavy atom. The molecular weight excluding hydrogens is 365 g/mol. The predicted octanol–water partition coefficient (Wildman–Crippen LogP) is 4.33. The number of furan rings is 1. The van der Waals surface area contributed by atoms with Crippen LogP contribution in [0.25, 0.3) is 0 Å². The van der Waals surface area contributed by atoms with Crippen molar-refractivity contribution in [2.24, 2.45) is 0 Å². The number of halogens is 2. The van der Waals surface area contributed by atoms with E-state index in [1.807, 2.05) is 6.07 Å². The molecule has 1 N–H and O–H groups in total. The minimum Gasteiger partial charge on any atom is -0.481 e. The van der Waals surface area contributed by atoms with E-state index in [4.69, 9.17) is 32.7 Å². The second-order valence-corrected chi connectivity index (χ2v) is 7.01. The first-order valence-electron chi connectivity index (χ1n) is 7.90. The summed E-state index contributed by atoms with van der Waals surface area (Å²) in [6.07, 6.45) is 2.96. The van der Waals surface area contributed by atoms with Crippen LogP contribution >= 0.6 is 23.2 Å². The Balaban J connectivity index is 1.88. The molecule has 0 saturated heterocycles. The highest BCUT2D eigenvalue weighted by atomic mass is 35.5. The Labute approximate surface area is 155 Å². The van der Waals surface area contributed by atoms with E-state index >= 15 is 0 Å². The molecule has 0 aliphatic heterocycles. The molecule has 0 atom stereocenters. The van der Waals surface area contributed by atoms with Crippen molar-refractivity contribution < 1.29 is 19.1 Å². The monoisotopic (exact) mass is 381 g/mol. The summed E-state index contributed by atoms with van der Waals surface area (Å²) in [5.74, 6) is -1.06. The highest BCUT2D eigenvalue weighted by Gasteiger charge is 2.35. The Bertz CT molecular complexity index is 826. The lowest BCUT2D eigenvalue weighted by Crippen LogP contribution is -2.33. The van der Waals surface area contributed by atoms with E-state index in [2.05, 4.69) is 0 Å². The maximum absolute atomic E-state index is 13.1. The van der Waals surface area contributed by atoms with Crippen LogP contribution in [0.2, 0.25) is 10.0 Å². The van der Waals surface area contributed by atoms with Gasteiger partial charge in [-0.15, -0.1) is 0 Å². The van der Waals surface area contributed by atoms with Crippen LogP contribution in [0.1, 0.15) is 40.1 Å². The number of carboxylic acid groups (broad SMARTS) is 1. The highest BCUT2D eigenvalue weighted by Crippen LogP contribution is 2.32. The van der Waals surface area contributed by atoms with Gasteiger partial charge in [-0.25, -0.2) is 0 Å². The van der Waals surface area contributed by atoms with Crippen LogP contribution in [0.5, 0.6) is 0 Å². The van der Waals surface area contributed by atoms with E-state index in [-0.39, 0.29) is 24.1 Å². The topological polar surface area (TPSA) is 70.7 Å². The fourth-order valence-electron chi connectivity index (χ4n) is 2.78. The molecular formula is C18H17Cl2NO4. The van der Waals surface area contributed by atoms with Gasteiger partial charge in [0.2, 0.25) is 0 Å². The van der Waals surface area contributed by atoms with E-state index in [1.54, 1.807) is 24.0 Å². The van der Waals surface area contributed by atoms with Gasteiger partial charge in [0.15, 0.2) is 0 Å². The van der Waals surface area contributed by atoms with Crippen LogP contribution < -0.4 is 0 Å². The Morgan fingerprint density at radius 2 is 2.00 bits per heavy atom. The number of amides is 1. The van der Waals surface area contributed by atoms with Crippen LogP contribution in [-0.2, 0) is 17.8 Å². The lowest BCUT2D eigenvalue weighted by atomic mass is 10.1. The third kappa shape index (κ3) is 3.99. The average Bonchev–Trinajstić information content (AvgIpc) is 3.32. The zero-order valence-electron chi connectivity index (χ0n) is 13.6. The van der Waals surface area contributed by atoms with Crippen molar-refractivity contribution in [1.29, 1.82) is 0 Å². The number of nitrogens with zero attached hydrogens (tertiary/aromatic N) is 1. The Kier molecular flexibility index (Phi) is 5.06. The van der Waals surface area contributed by atoms with Crippen molar-refractivity contribution in [3.63, 3.8) is 0 Å². The summed E-state index contributed by atoms with van der Waals surface area (Å²) < 4.78 is 5.30. The van der Waals surface area contributed by atoms with E-state index in [0.717, 1.165) is 18.4 Å². The first kappa shape index (κ1) is 17.8. The SMILES string of the molecule is Cc1coc(CC(=O)O)c1C(=O)N(Cc1ccc(Cl)c(Cl)c1)C1CC1. The number of benzene rings is 1. The van der Waals surface area contributed by atoms with Crippen molar-refractivity contribution in [3.8, 4) is 0 Å². The molecule has 0 radical (unpaired) electrons. The first-order valence-corrected chi connectivity index (χ1v) is 8.66. The summed E-state index contributed by atoms with van der Waals surface area (Å²) in [4.78, 5) is 25.9. The fraction of sp³-hybridized carbons (Fsp3) is 0.333. The van der Waals surface area contributed by atoms with Crippen LogP contribution in [0.3, 0.4) is 0 Å². The van der Waals surface area contributed by atoms with Gasteiger partial charge in [0, 0.05) is 18.2 Å². The van der Waals surface area contributed by atoms with Gasteiger partial charge in [0.1, 0.15) is 12.2 Å². The van der Waals surface area contributed by atoms with Crippen molar-refractivity contribution >= 4 is 35.1 Å². The molecule has 1 aliphatic carbocycles. The number of aryl methyl sites for hydroxylation is 1. The van der Waals surface area contributed by atoms with Gasteiger partial charge < -0.3 is 14.4 Å². The minimum atomic E-state index is -1.04. The number of hydrogen-bond acceptors (Lipinski definition) is 3. The highest BCUT2D eigenvalue weighted by molar-refractivity contribution is 6.42. The minimum absolute atomic E-state index is 0.147. The summed E-state index contributed by atoms with van der Waals surface area (Å²) in [6.45, 7) is 2.13. The summed E-state index contributed by atoms with van der Waals surface area (Å²) in [5, 5.41) is 9.92. The van der Waals surface area contributed by atoms with Crippen molar-refractivity contribution in [2.45, 2.75) is 38.8 Å². The van der Waals surface area contributed by atoms with Crippen LogP contribution in [0.15, 0.2) is 28.9 Å². The van der Waals surface area contributed by atoms with E-state index in [0.29, 0.717) is 27.7 Å². The Hall–Kier alpha value is -1.98. The molecule has 1 aromatic heterocycles. The lowest BCUT2D eigenvalue weighted by molar-refractivity contribution is -0.136. The van der Waals surface area contributed by atoms with Crippen molar-refractivity contribution in [1.82, 2.24) is 4.90 Å². The summed E-state index contributed by atoms with van der Waals surface area (Å²) in [5.41, 5.74) is 1.85. The summed E-state index contributed by atoms with van der Waals surface area (Å²) >= 11 is 12.0. The quantitative estimate of drug-likeness (QED) is 0.808. The van der Waals surface area contributed by atoms with Gasteiger partial charge in [-0.1, -0.05) is 29.3 Å². The maximum Gasteiger partial charge on any atom is 0.311 e. The molecule has 0 spiro atoms. The molecule has 7 heteroatoms. The number of carbonyl (C=O) groups is 2. The molecule has 1 aromatic carbocycles. The molecule has 1 fully saturated rings. The molecule has 1 amide bonds. The van der Waals surface area contributed by atoms with E-state index in [1.165, 1.54) is 6.26 Å². The third-order valence-corrected chi connectivity index (χ3v) is 4.90. The van der Waals surface area contributed by atoms with Gasteiger partial charge >= 0.3 is 5.97 Å². The maximum atomic E-state index is 13.1. The molecule has 0 unspecified atom stereocenters. The number of carbonyl (C=O) groups excluding carboxylic acids is 1. The largest absolute Gasteiger partial charge is 0.481 e. The van der Waals surface area contributed by atoms with Gasteiger partial charge in [0.25, 0.3) is 5.91 Å². The van der Waals surface area contributed by atoms with Crippen LogP contribution in [0, 0.1) is 6.92 Å². The Morgan fingerprint density at radius 3 is 2.60 bits per heavy atom. The normalized spacial score (nSPS) is 13.7. The van der Waals surface area contributed by atoms with Crippen molar-refractivity contribution in [3.05, 3.63) is 57.0 Å². The summed E-state index contributed by atoms with van der Waals surface area (Å²) in [7, 11) is 0. The number of carboxylic acids is 1. The zero-order chi connectivity index (χ0) is 18.1. The first-order chi connectivity index (χ1) is 11.9. The molecule has 1 aliphatic rings. The fourth-order valence-corrected chi connectivity index (χ4v) is 3.10. The van der Waals surface area contributed by atoms with E-state index in [9.17, 15) is 9.59 Å². The second kappa shape index (κ2) is 7.10. The molecule has 1 heterocycles. The predicted molar refractivity (Wildman–Crippen MR) is 94.1 cm³/mol. The molecule has 1 saturated carbocycles. The number of aliphatic carboxylic acids is 1. The van der Waals surface area contributed by atoms with Gasteiger partial charge in [-0.2, -0.15) is 0 Å². The van der Waals surface area contributed by atoms with Gasteiger partial charge in [0.05, 0.1) is 21.9 Å².